The first-order valence-corrected chi connectivity index (χ1v) is 11.2. The van der Waals surface area contributed by atoms with Crippen LogP contribution < -0.4 is 16.6 Å². The van der Waals surface area contributed by atoms with Crippen molar-refractivity contribution >= 4 is 28.7 Å². The molecule has 0 atom stereocenters. The minimum absolute atomic E-state index is 0.0222. The lowest BCUT2D eigenvalue weighted by Crippen LogP contribution is -2.55. The van der Waals surface area contributed by atoms with Crippen molar-refractivity contribution in [3.8, 4) is 0 Å². The average molecular weight is 509 g/mol. The third kappa shape index (κ3) is 4.23. The number of rotatable bonds is 5. The number of nitrogens with one attached hydrogen (secondary N) is 1. The molecule has 3 N–H and O–H groups in total. The van der Waals surface area contributed by atoms with Crippen molar-refractivity contribution < 1.29 is 26.7 Å². The molecule has 3 aromatic rings. The van der Waals surface area contributed by atoms with Gasteiger partial charge in [0.2, 0.25) is 0 Å². The molecular weight excluding hydrogens is 485 g/mol. The normalized spacial score (nSPS) is 20.9. The van der Waals surface area contributed by atoms with Gasteiger partial charge in [-0.15, -0.1) is 0 Å². The van der Waals surface area contributed by atoms with E-state index in [0.29, 0.717) is 28.6 Å². The maximum atomic E-state index is 13.9. The summed E-state index contributed by atoms with van der Waals surface area (Å²) in [5.41, 5.74) is 5.90. The van der Waals surface area contributed by atoms with Crippen LogP contribution in [0.1, 0.15) is 47.3 Å². The molecule has 0 saturated heterocycles. The molecule has 12 heteroatoms. The van der Waals surface area contributed by atoms with Crippen molar-refractivity contribution in [1.82, 2.24) is 14.5 Å². The summed E-state index contributed by atoms with van der Waals surface area (Å²) in [6.45, 7) is 3.42. The van der Waals surface area contributed by atoms with Gasteiger partial charge in [-0.2, -0.15) is 22.0 Å². The van der Waals surface area contributed by atoms with Crippen LogP contribution in [0.3, 0.4) is 0 Å². The van der Waals surface area contributed by atoms with Gasteiger partial charge in [-0.3, -0.25) is 14.2 Å². The van der Waals surface area contributed by atoms with Crippen molar-refractivity contribution in [3.63, 3.8) is 0 Å². The summed E-state index contributed by atoms with van der Waals surface area (Å²) in [6.07, 6.45) is -5.76. The number of carbonyl (C=O) groups is 1. The van der Waals surface area contributed by atoms with Gasteiger partial charge in [-0.05, 0) is 62.8 Å². The van der Waals surface area contributed by atoms with Crippen molar-refractivity contribution in [2.75, 3.05) is 5.32 Å². The van der Waals surface area contributed by atoms with E-state index in [2.05, 4.69) is 15.3 Å². The Kier molecular flexibility index (Phi) is 6.36. The van der Waals surface area contributed by atoms with Crippen LogP contribution in [-0.2, 0) is 5.66 Å². The Morgan fingerprint density at radius 1 is 1.11 bits per heavy atom. The first-order chi connectivity index (χ1) is 16.8. The second kappa shape index (κ2) is 8.91. The summed E-state index contributed by atoms with van der Waals surface area (Å²) in [5.74, 6) is -6.51. The Hall–Kier alpha value is -3.41. The second-order valence-corrected chi connectivity index (χ2v) is 9.20. The lowest BCUT2D eigenvalue weighted by molar-refractivity contribution is -0.306. The first kappa shape index (κ1) is 25.7. The predicted octanol–water partition coefficient (Wildman–Crippen LogP) is 4.96. The lowest BCUT2D eigenvalue weighted by Gasteiger charge is -2.41. The van der Waals surface area contributed by atoms with Crippen LogP contribution in [-0.4, -0.2) is 32.9 Å². The SMILES string of the molecule is Cc1cc(Nc2ncnc3cccc(C)c23)c(=O)n(C2(N)CCC(C(F)(F)C(F)(F)F)CC2)c1C=O. The van der Waals surface area contributed by atoms with Crippen molar-refractivity contribution in [1.29, 1.82) is 0 Å². The van der Waals surface area contributed by atoms with Gasteiger partial charge in [0.25, 0.3) is 5.56 Å². The van der Waals surface area contributed by atoms with Crippen LogP contribution in [0.5, 0.6) is 0 Å². The molecule has 1 aliphatic rings. The number of benzene rings is 1. The second-order valence-electron chi connectivity index (χ2n) is 9.20. The fraction of sp³-hybridized carbons (Fsp3) is 0.417. The zero-order chi connectivity index (χ0) is 26.5. The standard InChI is InChI=1S/C24H24F5N5O2/c1-13-4-3-5-16-19(13)20(32-12-31-16)33-17-10-14(2)18(11-35)34(21(17)36)22(30)8-6-15(7-9-22)23(25,26)24(27,28)29/h3-5,10-12,15H,6-9,30H2,1-2H3,(H,31,32,33). The fourth-order valence-corrected chi connectivity index (χ4v) is 4.87. The monoisotopic (exact) mass is 509 g/mol. The first-order valence-electron chi connectivity index (χ1n) is 11.2. The quantitative estimate of drug-likeness (QED) is 0.372. The third-order valence-corrected chi connectivity index (χ3v) is 6.86. The number of aromatic nitrogens is 3. The van der Waals surface area contributed by atoms with E-state index in [4.69, 9.17) is 5.73 Å². The van der Waals surface area contributed by atoms with Gasteiger partial charge in [0, 0.05) is 11.3 Å². The average Bonchev–Trinajstić information content (AvgIpc) is 2.80. The number of aldehydes is 1. The summed E-state index contributed by atoms with van der Waals surface area (Å²) < 4.78 is 67.4. The molecule has 0 spiro atoms. The predicted molar refractivity (Wildman–Crippen MR) is 124 cm³/mol. The number of pyridine rings is 1. The van der Waals surface area contributed by atoms with E-state index in [1.165, 1.54) is 12.4 Å². The highest BCUT2D eigenvalue weighted by molar-refractivity contribution is 5.93. The molecule has 1 fully saturated rings. The fourth-order valence-electron chi connectivity index (χ4n) is 4.87. The minimum Gasteiger partial charge on any atom is -0.335 e. The molecule has 4 rings (SSSR count). The Balaban J connectivity index is 1.75. The number of nitrogens with two attached hydrogens (primary N) is 1. The Morgan fingerprint density at radius 3 is 2.39 bits per heavy atom. The molecular formula is C24H24F5N5O2. The number of halogens is 5. The molecule has 0 aliphatic heterocycles. The maximum Gasteiger partial charge on any atom is 0.453 e. The van der Waals surface area contributed by atoms with E-state index in [-0.39, 0.29) is 24.2 Å². The van der Waals surface area contributed by atoms with Crippen LogP contribution in [0.4, 0.5) is 33.5 Å². The third-order valence-electron chi connectivity index (χ3n) is 6.86. The van der Waals surface area contributed by atoms with E-state index < -0.39 is 42.1 Å². The van der Waals surface area contributed by atoms with Gasteiger partial charge in [0.15, 0.2) is 6.29 Å². The number of nitrogens with zero attached hydrogens (tertiary/aromatic N) is 3. The molecule has 0 bridgehead atoms. The molecule has 192 valence electrons. The summed E-state index contributed by atoms with van der Waals surface area (Å²) in [5, 5.41) is 3.64. The number of fused-ring (bicyclic) bond motifs is 1. The van der Waals surface area contributed by atoms with E-state index in [0.717, 1.165) is 10.1 Å². The van der Waals surface area contributed by atoms with Gasteiger partial charge in [0.1, 0.15) is 17.8 Å². The van der Waals surface area contributed by atoms with E-state index in [1.54, 1.807) is 13.0 Å². The Morgan fingerprint density at radius 2 is 1.78 bits per heavy atom. The summed E-state index contributed by atoms with van der Waals surface area (Å²) in [7, 11) is 0. The van der Waals surface area contributed by atoms with E-state index in [9.17, 15) is 31.5 Å². The van der Waals surface area contributed by atoms with Gasteiger partial charge in [-0.25, -0.2) is 9.97 Å². The maximum absolute atomic E-state index is 13.9. The highest BCUT2D eigenvalue weighted by Crippen LogP contribution is 2.48. The van der Waals surface area contributed by atoms with Crippen LogP contribution in [0, 0.1) is 19.8 Å². The molecule has 2 aromatic heterocycles. The summed E-state index contributed by atoms with van der Waals surface area (Å²) >= 11 is 0. The van der Waals surface area contributed by atoms with Gasteiger partial charge >= 0.3 is 12.1 Å². The number of hydrogen-bond acceptors (Lipinski definition) is 6. The largest absolute Gasteiger partial charge is 0.453 e. The van der Waals surface area contributed by atoms with E-state index >= 15 is 0 Å². The highest BCUT2D eigenvalue weighted by atomic mass is 19.4. The number of aryl methyl sites for hydroxylation is 2. The van der Waals surface area contributed by atoms with Crippen LogP contribution in [0.25, 0.3) is 10.9 Å². The molecule has 1 aromatic carbocycles. The van der Waals surface area contributed by atoms with E-state index in [1.807, 2.05) is 19.1 Å². The molecule has 2 heterocycles. The Labute approximate surface area is 202 Å². The molecule has 1 saturated carbocycles. The number of carbonyl (C=O) groups excluding carboxylic acids is 1. The van der Waals surface area contributed by atoms with Gasteiger partial charge in [0.05, 0.1) is 16.9 Å². The highest BCUT2D eigenvalue weighted by Gasteiger charge is 2.62. The smallest absolute Gasteiger partial charge is 0.335 e. The molecule has 1 aliphatic carbocycles. The van der Waals surface area contributed by atoms with Crippen LogP contribution in [0.2, 0.25) is 0 Å². The zero-order valence-electron chi connectivity index (χ0n) is 19.5. The molecule has 0 amide bonds. The summed E-state index contributed by atoms with van der Waals surface area (Å²) in [4.78, 5) is 33.9. The molecule has 0 radical (unpaired) electrons. The van der Waals surface area contributed by atoms with Crippen molar-refractivity contribution in [3.05, 3.63) is 57.8 Å². The van der Waals surface area contributed by atoms with Crippen LogP contribution >= 0.6 is 0 Å². The topological polar surface area (TPSA) is 103 Å². The van der Waals surface area contributed by atoms with Gasteiger partial charge in [-0.1, -0.05) is 12.1 Å². The van der Waals surface area contributed by atoms with Crippen molar-refractivity contribution in [2.45, 2.75) is 57.3 Å². The van der Waals surface area contributed by atoms with Gasteiger partial charge < -0.3 is 11.1 Å². The molecule has 7 nitrogen and oxygen atoms in total. The molecule has 0 unspecified atom stereocenters. The lowest BCUT2D eigenvalue weighted by atomic mass is 9.78. The minimum atomic E-state index is -5.68. The Bertz CT molecular complexity index is 1370. The van der Waals surface area contributed by atoms with Crippen molar-refractivity contribution in [2.24, 2.45) is 11.7 Å². The van der Waals surface area contributed by atoms with Crippen LogP contribution in [0.15, 0.2) is 35.4 Å². The summed E-state index contributed by atoms with van der Waals surface area (Å²) in [6, 6.07) is 6.89. The number of hydrogen-bond donors (Lipinski definition) is 2. The number of anilines is 2. The number of alkyl halides is 5. The zero-order valence-corrected chi connectivity index (χ0v) is 19.5. The molecule has 36 heavy (non-hydrogen) atoms.